The lowest BCUT2D eigenvalue weighted by Crippen LogP contribution is -2.34. The van der Waals surface area contributed by atoms with E-state index in [2.05, 4.69) is 10.2 Å². The Morgan fingerprint density at radius 2 is 2.00 bits per heavy atom. The topological polar surface area (TPSA) is 41.6 Å². The Morgan fingerprint density at radius 1 is 1.23 bits per heavy atom. The van der Waals surface area contributed by atoms with Gasteiger partial charge in [-0.1, -0.05) is 6.42 Å². The molecule has 1 aliphatic heterocycles. The number of amides is 1. The number of rotatable bonds is 7. The lowest BCUT2D eigenvalue weighted by molar-refractivity contribution is -0.123. The zero-order valence-corrected chi connectivity index (χ0v) is 12.6. The molecule has 0 bridgehead atoms. The smallest absolute Gasteiger partial charge is 0.257 e. The normalized spacial score (nSPS) is 15.5. The lowest BCUT2D eigenvalue weighted by Gasteiger charge is -2.26. The summed E-state index contributed by atoms with van der Waals surface area (Å²) in [4.78, 5) is 14.0. The molecule has 0 spiro atoms. The van der Waals surface area contributed by atoms with Gasteiger partial charge >= 0.3 is 0 Å². The molecule has 1 amide bonds. The van der Waals surface area contributed by atoms with Gasteiger partial charge in [0.05, 0.1) is 0 Å². The van der Waals surface area contributed by atoms with Crippen LogP contribution >= 0.6 is 0 Å². The predicted octanol–water partition coefficient (Wildman–Crippen LogP) is 2.34. The van der Waals surface area contributed by atoms with Crippen LogP contribution in [-0.4, -0.2) is 43.6 Å². The number of nitrogens with zero attached hydrogens (tertiary/aromatic N) is 1. The summed E-state index contributed by atoms with van der Waals surface area (Å²) in [5.41, 5.74) is 0. The monoisotopic (exact) mass is 312 g/mol. The van der Waals surface area contributed by atoms with Gasteiger partial charge in [0.2, 0.25) is 0 Å². The van der Waals surface area contributed by atoms with E-state index in [9.17, 15) is 13.6 Å². The maximum Gasteiger partial charge on any atom is 0.257 e. The molecular formula is C16H22F2N2O2. The molecule has 4 nitrogen and oxygen atoms in total. The molecule has 1 aromatic carbocycles. The Hall–Kier alpha value is -1.69. The summed E-state index contributed by atoms with van der Waals surface area (Å²) >= 11 is 0. The number of ether oxygens (including phenoxy) is 1. The second kappa shape index (κ2) is 8.68. The number of likely N-dealkylation sites (tertiary alicyclic amines) is 1. The molecule has 1 N–H and O–H groups in total. The Kier molecular flexibility index (Phi) is 6.58. The third kappa shape index (κ3) is 5.60. The van der Waals surface area contributed by atoms with E-state index in [0.717, 1.165) is 38.2 Å². The lowest BCUT2D eigenvalue weighted by atomic mass is 10.1. The van der Waals surface area contributed by atoms with Crippen LogP contribution in [0.2, 0.25) is 0 Å². The van der Waals surface area contributed by atoms with Crippen molar-refractivity contribution in [2.24, 2.45) is 0 Å². The molecule has 0 aromatic heterocycles. The number of carbonyl (C=O) groups excluding carboxylic acids is 1. The first-order valence-electron chi connectivity index (χ1n) is 7.72. The van der Waals surface area contributed by atoms with Gasteiger partial charge in [-0.05, 0) is 51.0 Å². The maximum atomic E-state index is 13.3. The molecule has 0 aliphatic carbocycles. The first-order valence-corrected chi connectivity index (χ1v) is 7.72. The minimum Gasteiger partial charge on any atom is -0.481 e. The van der Waals surface area contributed by atoms with Gasteiger partial charge in [-0.3, -0.25) is 4.79 Å². The summed E-state index contributed by atoms with van der Waals surface area (Å²) < 4.78 is 31.1. The van der Waals surface area contributed by atoms with Crippen LogP contribution in [0, 0.1) is 11.6 Å². The van der Waals surface area contributed by atoms with E-state index in [-0.39, 0.29) is 18.3 Å². The van der Waals surface area contributed by atoms with Crippen molar-refractivity contribution in [3.63, 3.8) is 0 Å². The van der Waals surface area contributed by atoms with Crippen molar-refractivity contribution >= 4 is 5.91 Å². The van der Waals surface area contributed by atoms with E-state index in [1.54, 1.807) is 0 Å². The summed E-state index contributed by atoms with van der Waals surface area (Å²) in [6, 6.07) is 3.00. The molecule has 0 radical (unpaired) electrons. The zero-order chi connectivity index (χ0) is 15.8. The fourth-order valence-corrected chi connectivity index (χ4v) is 2.50. The number of hydrogen-bond donors (Lipinski definition) is 1. The fraction of sp³-hybridized carbons (Fsp3) is 0.562. The van der Waals surface area contributed by atoms with Crippen LogP contribution in [0.4, 0.5) is 8.78 Å². The predicted molar refractivity (Wildman–Crippen MR) is 79.8 cm³/mol. The fourth-order valence-electron chi connectivity index (χ4n) is 2.50. The van der Waals surface area contributed by atoms with Crippen molar-refractivity contribution in [2.45, 2.75) is 25.7 Å². The largest absolute Gasteiger partial charge is 0.481 e. The number of nitrogens with one attached hydrogen (secondary N) is 1. The van der Waals surface area contributed by atoms with Crippen molar-refractivity contribution in [2.75, 3.05) is 32.8 Å². The van der Waals surface area contributed by atoms with Crippen molar-refractivity contribution in [3.8, 4) is 5.75 Å². The molecule has 1 heterocycles. The number of benzene rings is 1. The summed E-state index contributed by atoms with van der Waals surface area (Å²) in [6.45, 7) is 3.56. The molecule has 22 heavy (non-hydrogen) atoms. The molecule has 6 heteroatoms. The quantitative estimate of drug-likeness (QED) is 0.786. The van der Waals surface area contributed by atoms with Crippen LogP contribution in [0.5, 0.6) is 5.75 Å². The molecule has 122 valence electrons. The van der Waals surface area contributed by atoms with E-state index in [0.29, 0.717) is 6.54 Å². The van der Waals surface area contributed by atoms with E-state index >= 15 is 0 Å². The van der Waals surface area contributed by atoms with Crippen LogP contribution in [0.25, 0.3) is 0 Å². The zero-order valence-electron chi connectivity index (χ0n) is 12.6. The highest BCUT2D eigenvalue weighted by molar-refractivity contribution is 5.77. The SMILES string of the molecule is O=C(COc1ccc(F)cc1F)NCCCN1CCCCC1. The number of carbonyl (C=O) groups is 1. The Balaban J connectivity index is 1.59. The average Bonchev–Trinajstić information content (AvgIpc) is 2.52. The molecule has 1 fully saturated rings. The number of halogens is 2. The van der Waals surface area contributed by atoms with E-state index < -0.39 is 11.6 Å². The Labute approximate surface area is 129 Å². The number of hydrogen-bond acceptors (Lipinski definition) is 3. The molecular weight excluding hydrogens is 290 g/mol. The van der Waals surface area contributed by atoms with Crippen LogP contribution < -0.4 is 10.1 Å². The summed E-state index contributed by atoms with van der Waals surface area (Å²) in [5, 5.41) is 2.74. The number of piperidine rings is 1. The average molecular weight is 312 g/mol. The Morgan fingerprint density at radius 3 is 2.73 bits per heavy atom. The summed E-state index contributed by atoms with van der Waals surface area (Å²) in [6.07, 6.45) is 4.70. The maximum absolute atomic E-state index is 13.3. The van der Waals surface area contributed by atoms with Crippen molar-refractivity contribution in [1.29, 1.82) is 0 Å². The summed E-state index contributed by atoms with van der Waals surface area (Å²) in [5.74, 6) is -1.91. The molecule has 1 aromatic rings. The van der Waals surface area contributed by atoms with Crippen molar-refractivity contribution in [3.05, 3.63) is 29.8 Å². The van der Waals surface area contributed by atoms with Gasteiger partial charge in [0.25, 0.3) is 5.91 Å². The van der Waals surface area contributed by atoms with Gasteiger partial charge in [-0.15, -0.1) is 0 Å². The molecule has 0 atom stereocenters. The summed E-state index contributed by atoms with van der Waals surface area (Å²) in [7, 11) is 0. The van der Waals surface area contributed by atoms with Crippen molar-refractivity contribution in [1.82, 2.24) is 10.2 Å². The first kappa shape index (κ1) is 16.7. The highest BCUT2D eigenvalue weighted by Gasteiger charge is 2.10. The van der Waals surface area contributed by atoms with Gasteiger partial charge in [0.15, 0.2) is 18.2 Å². The highest BCUT2D eigenvalue weighted by atomic mass is 19.1. The van der Waals surface area contributed by atoms with E-state index in [4.69, 9.17) is 4.74 Å². The van der Waals surface area contributed by atoms with Crippen LogP contribution in [0.15, 0.2) is 18.2 Å². The van der Waals surface area contributed by atoms with Gasteiger partial charge in [-0.25, -0.2) is 8.78 Å². The molecule has 1 saturated heterocycles. The van der Waals surface area contributed by atoms with Crippen LogP contribution in [-0.2, 0) is 4.79 Å². The molecule has 1 aliphatic rings. The van der Waals surface area contributed by atoms with E-state index in [1.807, 2.05) is 0 Å². The van der Waals surface area contributed by atoms with Gasteiger partial charge in [-0.2, -0.15) is 0 Å². The Bertz CT molecular complexity index is 491. The second-order valence-electron chi connectivity index (χ2n) is 5.47. The third-order valence-corrected chi connectivity index (χ3v) is 3.67. The van der Waals surface area contributed by atoms with Gasteiger partial charge in [0.1, 0.15) is 5.82 Å². The van der Waals surface area contributed by atoms with Crippen LogP contribution in [0.1, 0.15) is 25.7 Å². The van der Waals surface area contributed by atoms with Crippen molar-refractivity contribution < 1.29 is 18.3 Å². The van der Waals surface area contributed by atoms with Gasteiger partial charge < -0.3 is 15.0 Å². The minimum absolute atomic E-state index is 0.120. The van der Waals surface area contributed by atoms with Crippen LogP contribution in [0.3, 0.4) is 0 Å². The van der Waals surface area contributed by atoms with E-state index in [1.165, 1.54) is 25.3 Å². The van der Waals surface area contributed by atoms with Gasteiger partial charge in [0, 0.05) is 12.6 Å². The molecule has 2 rings (SSSR count). The molecule has 0 saturated carbocycles. The highest BCUT2D eigenvalue weighted by Crippen LogP contribution is 2.17. The second-order valence-corrected chi connectivity index (χ2v) is 5.47. The third-order valence-electron chi connectivity index (χ3n) is 3.67. The molecule has 0 unspecified atom stereocenters. The standard InChI is InChI=1S/C16H22F2N2O2/c17-13-5-6-15(14(18)11-13)22-12-16(21)19-7-4-10-20-8-2-1-3-9-20/h5-6,11H,1-4,7-10,12H2,(H,19,21). The first-order chi connectivity index (χ1) is 10.6. The minimum atomic E-state index is -0.808.